The lowest BCUT2D eigenvalue weighted by molar-refractivity contribution is 0.438. The highest BCUT2D eigenvalue weighted by molar-refractivity contribution is 5.79. The van der Waals surface area contributed by atoms with Crippen molar-refractivity contribution in [3.05, 3.63) is 48.0 Å². The van der Waals surface area contributed by atoms with Crippen molar-refractivity contribution >= 4 is 28.4 Å². The average Bonchev–Trinajstić information content (AvgIpc) is 2.98. The van der Waals surface area contributed by atoms with Gasteiger partial charge in [-0.3, -0.25) is 0 Å². The van der Waals surface area contributed by atoms with Crippen LogP contribution in [0.4, 0.5) is 17.3 Å². The number of aromatic amines is 1. The molecule has 124 valence electrons. The molecule has 1 saturated heterocycles. The van der Waals surface area contributed by atoms with Gasteiger partial charge in [-0.15, -0.1) is 0 Å². The van der Waals surface area contributed by atoms with Gasteiger partial charge >= 0.3 is 0 Å². The number of H-pyrrole nitrogens is 1. The van der Waals surface area contributed by atoms with Crippen LogP contribution >= 0.6 is 0 Å². The molecule has 24 heavy (non-hydrogen) atoms. The molecule has 4 rings (SSSR count). The molecule has 2 heterocycles. The van der Waals surface area contributed by atoms with Crippen LogP contribution in [0.2, 0.25) is 0 Å². The van der Waals surface area contributed by atoms with Crippen molar-refractivity contribution in [3.63, 3.8) is 0 Å². The molecule has 1 aromatic heterocycles. The molecule has 0 spiro atoms. The predicted octanol–water partition coefficient (Wildman–Crippen LogP) is 4.85. The molecule has 0 amide bonds. The molecule has 0 atom stereocenters. The summed E-state index contributed by atoms with van der Waals surface area (Å²) in [7, 11) is 0. The van der Waals surface area contributed by atoms with Gasteiger partial charge in [0, 0.05) is 24.5 Å². The van der Waals surface area contributed by atoms with E-state index in [0.29, 0.717) is 0 Å². The van der Waals surface area contributed by atoms with Gasteiger partial charge in [0.05, 0.1) is 11.0 Å². The van der Waals surface area contributed by atoms with Crippen LogP contribution in [0, 0.1) is 12.8 Å². The number of aryl methyl sites for hydroxylation is 1. The van der Waals surface area contributed by atoms with Crippen molar-refractivity contribution in [2.24, 2.45) is 5.92 Å². The summed E-state index contributed by atoms with van der Waals surface area (Å²) in [6.45, 7) is 6.76. The fraction of sp³-hybridized carbons (Fsp3) is 0.350. The van der Waals surface area contributed by atoms with E-state index in [-0.39, 0.29) is 0 Å². The first-order valence-electron chi connectivity index (χ1n) is 8.76. The average molecular weight is 320 g/mol. The highest BCUT2D eigenvalue weighted by atomic mass is 15.1. The number of piperidine rings is 1. The Morgan fingerprint density at radius 2 is 1.83 bits per heavy atom. The summed E-state index contributed by atoms with van der Waals surface area (Å²) in [5.74, 6) is 1.65. The molecule has 0 radical (unpaired) electrons. The number of anilines is 3. The molecule has 2 aromatic carbocycles. The summed E-state index contributed by atoms with van der Waals surface area (Å²) < 4.78 is 0. The molecule has 2 N–H and O–H groups in total. The molecular formula is C20H24N4. The summed E-state index contributed by atoms with van der Waals surface area (Å²) in [5.41, 5.74) is 5.66. The van der Waals surface area contributed by atoms with Crippen LogP contribution in [0.15, 0.2) is 42.5 Å². The van der Waals surface area contributed by atoms with Gasteiger partial charge in [0.15, 0.2) is 0 Å². The number of benzene rings is 2. The third-order valence-corrected chi connectivity index (χ3v) is 4.92. The number of imidazole rings is 1. The van der Waals surface area contributed by atoms with Crippen LogP contribution in [-0.4, -0.2) is 23.1 Å². The molecule has 4 nitrogen and oxygen atoms in total. The lowest BCUT2D eigenvalue weighted by Gasteiger charge is -2.32. The Hall–Kier alpha value is -2.49. The lowest BCUT2D eigenvalue weighted by atomic mass is 9.99. The van der Waals surface area contributed by atoms with Crippen molar-refractivity contribution in [3.8, 4) is 0 Å². The molecule has 1 aliphatic heterocycles. The van der Waals surface area contributed by atoms with Gasteiger partial charge in [-0.2, -0.15) is 0 Å². The fourth-order valence-electron chi connectivity index (χ4n) is 3.34. The number of aromatic nitrogens is 2. The fourth-order valence-corrected chi connectivity index (χ4v) is 3.34. The van der Waals surface area contributed by atoms with E-state index in [1.165, 1.54) is 24.1 Å². The minimum Gasteiger partial charge on any atom is -0.372 e. The largest absolute Gasteiger partial charge is 0.372 e. The summed E-state index contributed by atoms with van der Waals surface area (Å²) in [6.07, 6.45) is 2.58. The standard InChI is InChI=1S/C20H24N4/c1-14-9-11-24(12-10-14)17-6-4-16(5-7-17)21-20-22-18-8-3-15(2)13-19(18)23-20/h3-8,13-14H,9-12H2,1-2H3,(H2,21,22,23). The van der Waals surface area contributed by atoms with Gasteiger partial charge in [0.25, 0.3) is 0 Å². The Bertz CT molecular complexity index is 826. The van der Waals surface area contributed by atoms with Crippen LogP contribution in [0.1, 0.15) is 25.3 Å². The smallest absolute Gasteiger partial charge is 0.205 e. The Kier molecular flexibility index (Phi) is 3.89. The first-order valence-corrected chi connectivity index (χ1v) is 8.76. The van der Waals surface area contributed by atoms with E-state index in [1.807, 2.05) is 6.07 Å². The summed E-state index contributed by atoms with van der Waals surface area (Å²) >= 11 is 0. The Balaban J connectivity index is 1.48. The molecule has 0 saturated carbocycles. The van der Waals surface area contributed by atoms with Gasteiger partial charge in [-0.25, -0.2) is 4.98 Å². The lowest BCUT2D eigenvalue weighted by Crippen LogP contribution is -2.32. The second-order valence-corrected chi connectivity index (χ2v) is 6.95. The van der Waals surface area contributed by atoms with E-state index < -0.39 is 0 Å². The maximum absolute atomic E-state index is 4.59. The Morgan fingerprint density at radius 3 is 2.58 bits per heavy atom. The second-order valence-electron chi connectivity index (χ2n) is 6.95. The van der Waals surface area contributed by atoms with Crippen LogP contribution in [0.3, 0.4) is 0 Å². The van der Waals surface area contributed by atoms with E-state index in [2.05, 4.69) is 70.4 Å². The quantitative estimate of drug-likeness (QED) is 0.725. The Morgan fingerprint density at radius 1 is 1.08 bits per heavy atom. The molecule has 3 aromatic rings. The third kappa shape index (κ3) is 3.09. The minimum atomic E-state index is 0.787. The molecule has 0 bridgehead atoms. The minimum absolute atomic E-state index is 0.787. The molecule has 4 heteroatoms. The summed E-state index contributed by atoms with van der Waals surface area (Å²) in [5, 5.41) is 3.36. The van der Waals surface area contributed by atoms with E-state index in [4.69, 9.17) is 0 Å². The summed E-state index contributed by atoms with van der Waals surface area (Å²) in [4.78, 5) is 10.4. The Labute approximate surface area is 142 Å². The van der Waals surface area contributed by atoms with E-state index >= 15 is 0 Å². The number of fused-ring (bicyclic) bond motifs is 1. The zero-order valence-corrected chi connectivity index (χ0v) is 14.3. The van der Waals surface area contributed by atoms with Gasteiger partial charge in [-0.05, 0) is 67.6 Å². The van der Waals surface area contributed by atoms with E-state index in [1.54, 1.807) is 0 Å². The molecule has 0 unspecified atom stereocenters. The van der Waals surface area contributed by atoms with Crippen LogP contribution in [-0.2, 0) is 0 Å². The van der Waals surface area contributed by atoms with E-state index in [0.717, 1.165) is 41.7 Å². The first kappa shape index (κ1) is 15.1. The van der Waals surface area contributed by atoms with E-state index in [9.17, 15) is 0 Å². The number of hydrogen-bond donors (Lipinski definition) is 2. The van der Waals surface area contributed by atoms with Crippen molar-refractivity contribution in [2.45, 2.75) is 26.7 Å². The SMILES string of the molecule is Cc1ccc2nc(Nc3ccc(N4CCC(C)CC4)cc3)[nH]c2c1. The van der Waals surface area contributed by atoms with Crippen molar-refractivity contribution < 1.29 is 0 Å². The van der Waals surface area contributed by atoms with Crippen molar-refractivity contribution in [2.75, 3.05) is 23.3 Å². The monoisotopic (exact) mass is 320 g/mol. The highest BCUT2D eigenvalue weighted by Crippen LogP contribution is 2.25. The van der Waals surface area contributed by atoms with Gasteiger partial charge in [0.2, 0.25) is 5.95 Å². The van der Waals surface area contributed by atoms with Crippen LogP contribution < -0.4 is 10.2 Å². The number of hydrogen-bond acceptors (Lipinski definition) is 3. The van der Waals surface area contributed by atoms with Gasteiger partial charge in [-0.1, -0.05) is 13.0 Å². The molecule has 0 aliphatic carbocycles. The molecular weight excluding hydrogens is 296 g/mol. The van der Waals surface area contributed by atoms with Crippen LogP contribution in [0.5, 0.6) is 0 Å². The predicted molar refractivity (Wildman–Crippen MR) is 101 cm³/mol. The number of nitrogens with one attached hydrogen (secondary N) is 2. The maximum Gasteiger partial charge on any atom is 0.205 e. The number of nitrogens with zero attached hydrogens (tertiary/aromatic N) is 2. The number of rotatable bonds is 3. The van der Waals surface area contributed by atoms with Crippen molar-refractivity contribution in [1.82, 2.24) is 9.97 Å². The zero-order chi connectivity index (χ0) is 16.5. The zero-order valence-electron chi connectivity index (χ0n) is 14.3. The molecule has 1 aliphatic rings. The second kappa shape index (κ2) is 6.19. The van der Waals surface area contributed by atoms with Gasteiger partial charge in [0.1, 0.15) is 0 Å². The van der Waals surface area contributed by atoms with Crippen LogP contribution in [0.25, 0.3) is 11.0 Å². The third-order valence-electron chi connectivity index (χ3n) is 4.92. The summed E-state index contributed by atoms with van der Waals surface area (Å²) in [6, 6.07) is 14.9. The molecule has 1 fully saturated rings. The highest BCUT2D eigenvalue weighted by Gasteiger charge is 2.15. The maximum atomic E-state index is 4.59. The topological polar surface area (TPSA) is 44.0 Å². The normalized spacial score (nSPS) is 15.8. The van der Waals surface area contributed by atoms with Gasteiger partial charge < -0.3 is 15.2 Å². The van der Waals surface area contributed by atoms with Crippen molar-refractivity contribution in [1.29, 1.82) is 0 Å². The first-order chi connectivity index (χ1) is 11.7.